The molecule has 3 aliphatic carbocycles. The topological polar surface area (TPSA) is 26.3 Å². The largest absolute Gasteiger partial charge is 0.462 e. The predicted molar refractivity (Wildman–Crippen MR) is 66.4 cm³/mol. The van der Waals surface area contributed by atoms with Crippen molar-refractivity contribution < 1.29 is 9.53 Å². The molecule has 6 atom stereocenters. The van der Waals surface area contributed by atoms with E-state index in [1.807, 2.05) is 6.92 Å². The summed E-state index contributed by atoms with van der Waals surface area (Å²) in [7, 11) is 0. The van der Waals surface area contributed by atoms with Gasteiger partial charge in [0.1, 0.15) is 6.10 Å². The van der Waals surface area contributed by atoms with Gasteiger partial charge in [0.15, 0.2) is 0 Å². The second-order valence-electron chi connectivity index (χ2n) is 6.44. The summed E-state index contributed by atoms with van der Waals surface area (Å²) in [5, 5.41) is 0. The fraction of sp³-hybridized carbons (Fsp3) is 0.933. The van der Waals surface area contributed by atoms with Crippen molar-refractivity contribution in [3.8, 4) is 0 Å². The van der Waals surface area contributed by atoms with E-state index in [0.717, 1.165) is 30.6 Å². The van der Waals surface area contributed by atoms with Crippen LogP contribution >= 0.6 is 0 Å². The zero-order valence-corrected chi connectivity index (χ0v) is 11.0. The molecule has 2 heteroatoms. The lowest BCUT2D eigenvalue weighted by Crippen LogP contribution is -2.33. The van der Waals surface area contributed by atoms with E-state index in [1.54, 1.807) is 0 Å². The van der Waals surface area contributed by atoms with Crippen LogP contribution in [0.1, 0.15) is 52.4 Å². The molecule has 0 amide bonds. The Bertz CT molecular complexity index is 312. The molecule has 2 nitrogen and oxygen atoms in total. The Balaban J connectivity index is 1.62. The summed E-state index contributed by atoms with van der Waals surface area (Å²) in [4.78, 5) is 11.9. The Hall–Kier alpha value is -0.530. The highest BCUT2D eigenvalue weighted by molar-refractivity contribution is 5.72. The minimum Gasteiger partial charge on any atom is -0.462 e. The van der Waals surface area contributed by atoms with Crippen LogP contribution in [0, 0.1) is 29.6 Å². The van der Waals surface area contributed by atoms with Crippen LogP contribution in [0.4, 0.5) is 0 Å². The molecule has 0 aliphatic heterocycles. The fourth-order valence-electron chi connectivity index (χ4n) is 4.57. The van der Waals surface area contributed by atoms with E-state index < -0.39 is 0 Å². The molecule has 3 saturated carbocycles. The van der Waals surface area contributed by atoms with Crippen molar-refractivity contribution >= 4 is 5.97 Å². The first-order valence-electron chi connectivity index (χ1n) is 7.41. The molecule has 17 heavy (non-hydrogen) atoms. The maximum absolute atomic E-state index is 11.9. The zero-order chi connectivity index (χ0) is 12.0. The number of rotatable bonds is 3. The van der Waals surface area contributed by atoms with Gasteiger partial charge in [0.05, 0.1) is 5.92 Å². The van der Waals surface area contributed by atoms with Crippen LogP contribution in [-0.2, 0) is 9.53 Å². The van der Waals surface area contributed by atoms with Crippen LogP contribution in [0.15, 0.2) is 0 Å². The van der Waals surface area contributed by atoms with Gasteiger partial charge in [-0.15, -0.1) is 0 Å². The van der Waals surface area contributed by atoms with Crippen LogP contribution in [0.2, 0.25) is 0 Å². The fourth-order valence-corrected chi connectivity index (χ4v) is 4.57. The van der Waals surface area contributed by atoms with E-state index >= 15 is 0 Å². The van der Waals surface area contributed by atoms with Gasteiger partial charge in [0.25, 0.3) is 0 Å². The summed E-state index contributed by atoms with van der Waals surface area (Å²) >= 11 is 0. The summed E-state index contributed by atoms with van der Waals surface area (Å²) in [6.07, 6.45) is 7.91. The van der Waals surface area contributed by atoms with Gasteiger partial charge in [-0.3, -0.25) is 4.79 Å². The molecular formula is C15H24O2. The number of esters is 1. The van der Waals surface area contributed by atoms with E-state index in [1.165, 1.54) is 25.7 Å². The van der Waals surface area contributed by atoms with Crippen molar-refractivity contribution in [3.05, 3.63) is 0 Å². The number of fused-ring (bicyclic) bond motifs is 5. The van der Waals surface area contributed by atoms with Gasteiger partial charge in [-0.05, 0) is 55.8 Å². The van der Waals surface area contributed by atoms with E-state index in [2.05, 4.69) is 6.92 Å². The molecule has 3 aliphatic rings. The third-order valence-electron chi connectivity index (χ3n) is 5.65. The maximum Gasteiger partial charge on any atom is 0.308 e. The van der Waals surface area contributed by atoms with E-state index in [9.17, 15) is 4.79 Å². The van der Waals surface area contributed by atoms with Crippen molar-refractivity contribution in [1.82, 2.24) is 0 Å². The molecular weight excluding hydrogens is 212 g/mol. The van der Waals surface area contributed by atoms with Crippen LogP contribution < -0.4 is 0 Å². The van der Waals surface area contributed by atoms with Crippen molar-refractivity contribution in [2.75, 3.05) is 0 Å². The van der Waals surface area contributed by atoms with Gasteiger partial charge >= 0.3 is 5.97 Å². The third kappa shape index (κ3) is 1.80. The summed E-state index contributed by atoms with van der Waals surface area (Å²) in [5.41, 5.74) is 0. The molecule has 0 aromatic heterocycles. The molecule has 0 radical (unpaired) electrons. The molecule has 2 bridgehead atoms. The highest BCUT2D eigenvalue weighted by Gasteiger charge is 2.55. The lowest BCUT2D eigenvalue weighted by Gasteiger charge is -2.31. The Kier molecular flexibility index (Phi) is 2.92. The van der Waals surface area contributed by atoms with Crippen LogP contribution in [0.3, 0.4) is 0 Å². The molecule has 0 N–H and O–H groups in total. The van der Waals surface area contributed by atoms with Gasteiger partial charge in [0.2, 0.25) is 0 Å². The van der Waals surface area contributed by atoms with E-state index in [0.29, 0.717) is 5.92 Å². The third-order valence-corrected chi connectivity index (χ3v) is 5.65. The number of hydrogen-bond acceptors (Lipinski definition) is 2. The minimum absolute atomic E-state index is 0.0413. The minimum atomic E-state index is 0.0413. The van der Waals surface area contributed by atoms with Crippen LogP contribution in [0.25, 0.3) is 0 Å². The Morgan fingerprint density at radius 2 is 2.00 bits per heavy atom. The normalized spacial score (nSPS) is 44.7. The zero-order valence-electron chi connectivity index (χ0n) is 11.0. The Morgan fingerprint density at radius 3 is 2.76 bits per heavy atom. The van der Waals surface area contributed by atoms with Crippen LogP contribution in [0.5, 0.6) is 0 Å². The summed E-state index contributed by atoms with van der Waals surface area (Å²) in [6.45, 7) is 4.04. The quantitative estimate of drug-likeness (QED) is 0.702. The van der Waals surface area contributed by atoms with Gasteiger partial charge in [-0.1, -0.05) is 20.3 Å². The van der Waals surface area contributed by atoms with Crippen molar-refractivity contribution in [1.29, 1.82) is 0 Å². The molecule has 0 spiro atoms. The van der Waals surface area contributed by atoms with Crippen LogP contribution in [-0.4, -0.2) is 12.1 Å². The smallest absolute Gasteiger partial charge is 0.308 e. The first kappa shape index (κ1) is 11.6. The molecule has 3 fully saturated rings. The number of ether oxygens (including phenoxy) is 1. The SMILES string of the molecule is CCC(C)C(=O)OC1C[C@H]2C[C@H]1C1CCCC12. The lowest BCUT2D eigenvalue weighted by atomic mass is 9.80. The second-order valence-corrected chi connectivity index (χ2v) is 6.44. The lowest BCUT2D eigenvalue weighted by molar-refractivity contribution is -0.157. The molecule has 3 rings (SSSR count). The Morgan fingerprint density at radius 1 is 1.24 bits per heavy atom. The summed E-state index contributed by atoms with van der Waals surface area (Å²) < 4.78 is 5.77. The monoisotopic (exact) mass is 236 g/mol. The number of carbonyl (C=O) groups is 1. The first-order valence-corrected chi connectivity index (χ1v) is 7.41. The molecule has 0 saturated heterocycles. The average Bonchev–Trinajstić information content (AvgIpc) is 2.98. The molecule has 0 aromatic carbocycles. The van der Waals surface area contributed by atoms with E-state index in [4.69, 9.17) is 4.74 Å². The van der Waals surface area contributed by atoms with Crippen molar-refractivity contribution in [3.63, 3.8) is 0 Å². The molecule has 96 valence electrons. The van der Waals surface area contributed by atoms with E-state index in [-0.39, 0.29) is 18.0 Å². The first-order chi connectivity index (χ1) is 8.20. The van der Waals surface area contributed by atoms with Gasteiger partial charge < -0.3 is 4.74 Å². The van der Waals surface area contributed by atoms with Crippen molar-refractivity contribution in [2.24, 2.45) is 29.6 Å². The maximum atomic E-state index is 11.9. The van der Waals surface area contributed by atoms with Gasteiger partial charge in [-0.2, -0.15) is 0 Å². The van der Waals surface area contributed by atoms with Crippen molar-refractivity contribution in [2.45, 2.75) is 58.5 Å². The predicted octanol–water partition coefficient (Wildman–Crippen LogP) is 3.40. The van der Waals surface area contributed by atoms with Gasteiger partial charge in [0, 0.05) is 0 Å². The number of carbonyl (C=O) groups excluding carboxylic acids is 1. The summed E-state index contributed by atoms with van der Waals surface area (Å²) in [5.74, 6) is 3.58. The average molecular weight is 236 g/mol. The number of hydrogen-bond donors (Lipinski definition) is 0. The second kappa shape index (κ2) is 4.29. The molecule has 0 aromatic rings. The Labute approximate surface area is 104 Å². The molecule has 4 unspecified atom stereocenters. The molecule has 0 heterocycles. The summed E-state index contributed by atoms with van der Waals surface area (Å²) in [6, 6.07) is 0. The highest BCUT2D eigenvalue weighted by atomic mass is 16.5. The highest BCUT2D eigenvalue weighted by Crippen LogP contribution is 2.59. The standard InChI is InChI=1S/C15H24O2/c1-3-9(2)15(16)17-14-8-10-7-13(14)12-6-4-5-11(10)12/h9-14H,3-8H2,1-2H3/t9?,10-,11?,12?,13+,14?/m1/s1. The van der Waals surface area contributed by atoms with Gasteiger partial charge in [-0.25, -0.2) is 0 Å².